The monoisotopic (exact) mass is 349 g/mol. The van der Waals surface area contributed by atoms with Gasteiger partial charge in [0, 0.05) is 24.6 Å². The minimum absolute atomic E-state index is 0.000634. The van der Waals surface area contributed by atoms with Crippen LogP contribution in [0.3, 0.4) is 0 Å². The SMILES string of the molecule is O=c1nc2c(cn1[C@H]1C[C@H](OP(=O)(O)O)[C@@H](CO)O1)CCON2. The summed E-state index contributed by atoms with van der Waals surface area (Å²) >= 11 is 0. The smallest absolute Gasteiger partial charge is 0.394 e. The molecule has 1 saturated heterocycles. The first-order valence-electron chi connectivity index (χ1n) is 6.87. The van der Waals surface area contributed by atoms with E-state index in [0.29, 0.717) is 18.8 Å². The molecule has 128 valence electrons. The Hall–Kier alpha value is -1.33. The minimum atomic E-state index is -4.73. The molecular weight excluding hydrogens is 333 g/mol. The highest BCUT2D eigenvalue weighted by Crippen LogP contribution is 2.43. The molecule has 3 heterocycles. The van der Waals surface area contributed by atoms with Crippen LogP contribution in [0.1, 0.15) is 18.2 Å². The predicted molar refractivity (Wildman–Crippen MR) is 74.3 cm³/mol. The summed E-state index contributed by atoms with van der Waals surface area (Å²) in [4.78, 5) is 38.7. The number of nitrogens with zero attached hydrogens (tertiary/aromatic N) is 2. The molecule has 0 amide bonds. The van der Waals surface area contributed by atoms with Crippen LogP contribution in [0.25, 0.3) is 0 Å². The molecule has 2 aliphatic heterocycles. The zero-order chi connectivity index (χ0) is 16.6. The van der Waals surface area contributed by atoms with Crippen molar-refractivity contribution in [2.75, 3.05) is 18.7 Å². The van der Waals surface area contributed by atoms with Crippen molar-refractivity contribution in [3.05, 3.63) is 22.2 Å². The largest absolute Gasteiger partial charge is 0.469 e. The van der Waals surface area contributed by atoms with E-state index < -0.39 is 38.6 Å². The number of fused-ring (bicyclic) bond motifs is 1. The molecule has 1 aromatic rings. The average molecular weight is 349 g/mol. The molecule has 12 heteroatoms. The lowest BCUT2D eigenvalue weighted by Gasteiger charge is -2.20. The van der Waals surface area contributed by atoms with Gasteiger partial charge in [-0.2, -0.15) is 4.98 Å². The normalized spacial score (nSPS) is 27.5. The quantitative estimate of drug-likeness (QED) is 0.493. The van der Waals surface area contributed by atoms with Gasteiger partial charge in [-0.25, -0.2) is 14.8 Å². The van der Waals surface area contributed by atoms with Crippen molar-refractivity contribution in [1.82, 2.24) is 9.55 Å². The highest BCUT2D eigenvalue weighted by molar-refractivity contribution is 7.46. The summed E-state index contributed by atoms with van der Waals surface area (Å²) in [5.74, 6) is 0.331. The van der Waals surface area contributed by atoms with Crippen LogP contribution in [0.2, 0.25) is 0 Å². The number of phosphoric ester groups is 1. The summed E-state index contributed by atoms with van der Waals surface area (Å²) in [6, 6.07) is 0. The van der Waals surface area contributed by atoms with Crippen molar-refractivity contribution >= 4 is 13.6 Å². The first kappa shape index (κ1) is 16.5. The third-order valence-corrected chi connectivity index (χ3v) is 4.16. The van der Waals surface area contributed by atoms with Gasteiger partial charge in [-0.05, 0) is 0 Å². The highest BCUT2D eigenvalue weighted by atomic mass is 31.2. The van der Waals surface area contributed by atoms with E-state index in [1.54, 1.807) is 6.20 Å². The molecule has 23 heavy (non-hydrogen) atoms. The van der Waals surface area contributed by atoms with Crippen molar-refractivity contribution in [3.63, 3.8) is 0 Å². The molecule has 0 bridgehead atoms. The summed E-state index contributed by atoms with van der Waals surface area (Å²) in [7, 11) is -4.73. The molecule has 2 aliphatic rings. The molecule has 0 saturated carbocycles. The molecular formula is C11H16N3O8P. The van der Waals surface area contributed by atoms with Gasteiger partial charge in [-0.3, -0.25) is 13.9 Å². The lowest BCUT2D eigenvalue weighted by molar-refractivity contribution is -0.0453. The summed E-state index contributed by atoms with van der Waals surface area (Å²) in [6.07, 6.45) is -0.711. The summed E-state index contributed by atoms with van der Waals surface area (Å²) in [5.41, 5.74) is 2.69. The van der Waals surface area contributed by atoms with Gasteiger partial charge in [0.1, 0.15) is 18.4 Å². The van der Waals surface area contributed by atoms with Crippen LogP contribution < -0.4 is 11.2 Å². The minimum Gasteiger partial charge on any atom is -0.394 e. The molecule has 3 atom stereocenters. The molecule has 0 aliphatic carbocycles. The Kier molecular flexibility index (Phi) is 4.52. The number of aliphatic hydroxyl groups is 1. The second-order valence-corrected chi connectivity index (χ2v) is 6.38. The summed E-state index contributed by atoms with van der Waals surface area (Å²) < 4.78 is 22.3. The number of nitrogens with one attached hydrogen (secondary N) is 1. The number of hydrogen-bond acceptors (Lipinski definition) is 8. The van der Waals surface area contributed by atoms with Crippen LogP contribution in [0.5, 0.6) is 0 Å². The number of hydrogen-bond donors (Lipinski definition) is 4. The van der Waals surface area contributed by atoms with Crippen molar-refractivity contribution < 1.29 is 33.6 Å². The molecule has 4 N–H and O–H groups in total. The van der Waals surface area contributed by atoms with Gasteiger partial charge >= 0.3 is 13.5 Å². The van der Waals surface area contributed by atoms with Crippen molar-refractivity contribution in [2.45, 2.75) is 31.3 Å². The lowest BCUT2D eigenvalue weighted by atomic mass is 10.2. The standard InChI is InChI=1S/C11H16N3O8P/c15-5-8-7(22-23(17,18)19)3-9(21-8)14-4-6-1-2-20-13-10(6)12-11(14)16/h4,7-9,15H,1-3,5H2,(H,12,13,16)(H2,17,18,19)/t7-,8+,9+/m0/s1. The molecule has 0 spiro atoms. The average Bonchev–Trinajstić information content (AvgIpc) is 2.87. The van der Waals surface area contributed by atoms with E-state index in [-0.39, 0.29) is 6.42 Å². The van der Waals surface area contributed by atoms with Gasteiger partial charge in [-0.1, -0.05) is 0 Å². The van der Waals surface area contributed by atoms with Crippen molar-refractivity contribution in [3.8, 4) is 0 Å². The van der Waals surface area contributed by atoms with Crippen LogP contribution >= 0.6 is 7.82 Å². The van der Waals surface area contributed by atoms with Crippen LogP contribution in [-0.4, -0.2) is 49.9 Å². The molecule has 0 unspecified atom stereocenters. The van der Waals surface area contributed by atoms with E-state index in [9.17, 15) is 14.5 Å². The topological polar surface area (TPSA) is 152 Å². The number of anilines is 1. The summed E-state index contributed by atoms with van der Waals surface area (Å²) in [5, 5.41) is 9.27. The molecule has 3 rings (SSSR count). The molecule has 1 aromatic heterocycles. The van der Waals surface area contributed by atoms with Gasteiger partial charge in [0.25, 0.3) is 0 Å². The second kappa shape index (κ2) is 6.29. The Morgan fingerprint density at radius 3 is 3.00 bits per heavy atom. The Morgan fingerprint density at radius 1 is 1.52 bits per heavy atom. The fourth-order valence-corrected chi connectivity index (χ4v) is 3.16. The fraction of sp³-hybridized carbons (Fsp3) is 0.636. The number of phosphoric acid groups is 1. The van der Waals surface area contributed by atoms with Gasteiger partial charge in [0.15, 0.2) is 5.82 Å². The van der Waals surface area contributed by atoms with Crippen LogP contribution in [0, 0.1) is 0 Å². The maximum Gasteiger partial charge on any atom is 0.469 e. The number of rotatable bonds is 4. The maximum atomic E-state index is 12.1. The highest BCUT2D eigenvalue weighted by Gasteiger charge is 2.40. The Labute approximate surface area is 130 Å². The maximum absolute atomic E-state index is 12.1. The third-order valence-electron chi connectivity index (χ3n) is 3.61. The van der Waals surface area contributed by atoms with E-state index in [2.05, 4.69) is 15.0 Å². The van der Waals surface area contributed by atoms with E-state index in [1.807, 2.05) is 0 Å². The molecule has 11 nitrogen and oxygen atoms in total. The van der Waals surface area contributed by atoms with Crippen molar-refractivity contribution in [1.29, 1.82) is 0 Å². The van der Waals surface area contributed by atoms with Crippen LogP contribution in [-0.2, 0) is 25.1 Å². The van der Waals surface area contributed by atoms with E-state index >= 15 is 0 Å². The first-order valence-corrected chi connectivity index (χ1v) is 8.40. The first-order chi connectivity index (χ1) is 10.9. The molecule has 0 radical (unpaired) electrons. The lowest BCUT2D eigenvalue weighted by Crippen LogP contribution is -2.31. The number of aromatic nitrogens is 2. The van der Waals surface area contributed by atoms with E-state index in [4.69, 9.17) is 19.4 Å². The summed E-state index contributed by atoms with van der Waals surface area (Å²) in [6.45, 7) is -0.0781. The number of aliphatic hydroxyl groups excluding tert-OH is 1. The van der Waals surface area contributed by atoms with Crippen LogP contribution in [0.4, 0.5) is 5.82 Å². The van der Waals surface area contributed by atoms with Crippen molar-refractivity contribution in [2.24, 2.45) is 0 Å². The Bertz CT molecular complexity index is 688. The van der Waals surface area contributed by atoms with E-state index in [1.165, 1.54) is 4.57 Å². The zero-order valence-electron chi connectivity index (χ0n) is 11.9. The number of ether oxygens (including phenoxy) is 1. The van der Waals surface area contributed by atoms with Crippen LogP contribution in [0.15, 0.2) is 11.0 Å². The fourth-order valence-electron chi connectivity index (χ4n) is 2.59. The Balaban J connectivity index is 1.85. The van der Waals surface area contributed by atoms with E-state index in [0.717, 1.165) is 5.56 Å². The zero-order valence-corrected chi connectivity index (χ0v) is 12.8. The van der Waals surface area contributed by atoms with Gasteiger partial charge in [0.2, 0.25) is 0 Å². The predicted octanol–water partition coefficient (Wildman–Crippen LogP) is -1.10. The van der Waals surface area contributed by atoms with Gasteiger partial charge in [-0.15, -0.1) is 0 Å². The Morgan fingerprint density at radius 2 is 2.30 bits per heavy atom. The molecule has 0 aromatic carbocycles. The van der Waals surface area contributed by atoms with Gasteiger partial charge in [0.05, 0.1) is 13.2 Å². The van der Waals surface area contributed by atoms with Gasteiger partial charge < -0.3 is 19.6 Å². The molecule has 1 fully saturated rings. The second-order valence-electron chi connectivity index (χ2n) is 5.19. The third kappa shape index (κ3) is 3.61.